The summed E-state index contributed by atoms with van der Waals surface area (Å²) in [5.41, 5.74) is 0.744. The lowest BCUT2D eigenvalue weighted by atomic mass is 10.0. The maximum atomic E-state index is 12.3. The summed E-state index contributed by atoms with van der Waals surface area (Å²) >= 11 is 12.5. The first-order valence-corrected chi connectivity index (χ1v) is 14.5. The van der Waals surface area contributed by atoms with Crippen molar-refractivity contribution in [2.24, 2.45) is 0 Å². The summed E-state index contributed by atoms with van der Waals surface area (Å²) in [5.74, 6) is 0.0491. The summed E-state index contributed by atoms with van der Waals surface area (Å²) in [7, 11) is -1.70. The van der Waals surface area contributed by atoms with Crippen molar-refractivity contribution in [3.8, 4) is 5.75 Å². The first kappa shape index (κ1) is 27.9. The van der Waals surface area contributed by atoms with E-state index in [4.69, 9.17) is 32.4 Å². The van der Waals surface area contributed by atoms with E-state index in [0.29, 0.717) is 24.2 Å². The van der Waals surface area contributed by atoms with Crippen molar-refractivity contribution in [3.63, 3.8) is 0 Å². The number of carbonyl (C=O) groups is 2. The van der Waals surface area contributed by atoms with Crippen LogP contribution in [0.1, 0.15) is 70.2 Å². The molecular weight excluding hydrogens is 451 g/mol. The Bertz CT molecular complexity index is 798. The summed E-state index contributed by atoms with van der Waals surface area (Å²) in [6, 6.07) is 3.12. The molecule has 31 heavy (non-hydrogen) atoms. The summed E-state index contributed by atoms with van der Waals surface area (Å²) in [6.45, 7) is 17.4. The number of unbranched alkanes of at least 4 members (excludes halogenated alkanes) is 2. The normalized spacial score (nSPS) is 12.0. The SMILES string of the molecule is C=C(CC)C(=O)c1ccc(OCC(=O)CCCCCO[Si](C)(C)C(C)(C)C)c(Cl)c1Cl. The molecule has 4 nitrogen and oxygen atoms in total. The molecule has 0 N–H and O–H groups in total. The molecule has 1 rings (SSSR count). The minimum atomic E-state index is -1.70. The van der Waals surface area contributed by atoms with Gasteiger partial charge in [-0.2, -0.15) is 0 Å². The number of Topliss-reactive ketones (excluding diaryl/α,β-unsaturated/α-hetero) is 2. The smallest absolute Gasteiger partial charge is 0.191 e. The molecule has 0 spiro atoms. The summed E-state index contributed by atoms with van der Waals surface area (Å²) < 4.78 is 11.7. The Labute approximate surface area is 198 Å². The number of hydrogen-bond acceptors (Lipinski definition) is 4. The lowest BCUT2D eigenvalue weighted by molar-refractivity contribution is -0.121. The van der Waals surface area contributed by atoms with Crippen LogP contribution in [0.25, 0.3) is 0 Å². The molecule has 0 bridgehead atoms. The van der Waals surface area contributed by atoms with Crippen molar-refractivity contribution in [1.29, 1.82) is 0 Å². The quantitative estimate of drug-likeness (QED) is 0.124. The van der Waals surface area contributed by atoms with E-state index in [0.717, 1.165) is 25.9 Å². The van der Waals surface area contributed by atoms with E-state index in [2.05, 4.69) is 40.4 Å². The first-order chi connectivity index (χ1) is 14.3. The average Bonchev–Trinajstić information content (AvgIpc) is 2.69. The Morgan fingerprint density at radius 1 is 1.06 bits per heavy atom. The van der Waals surface area contributed by atoms with Crippen LogP contribution < -0.4 is 4.74 Å². The van der Waals surface area contributed by atoms with Crippen LogP contribution in [0.4, 0.5) is 0 Å². The van der Waals surface area contributed by atoms with Crippen LogP contribution in [0.3, 0.4) is 0 Å². The molecule has 7 heteroatoms. The van der Waals surface area contributed by atoms with Gasteiger partial charge in [0.25, 0.3) is 0 Å². The van der Waals surface area contributed by atoms with Crippen LogP contribution in [-0.4, -0.2) is 33.1 Å². The highest BCUT2D eigenvalue weighted by Gasteiger charge is 2.36. The van der Waals surface area contributed by atoms with Gasteiger partial charge in [-0.05, 0) is 55.1 Å². The van der Waals surface area contributed by atoms with E-state index in [9.17, 15) is 9.59 Å². The number of benzene rings is 1. The van der Waals surface area contributed by atoms with Crippen LogP contribution >= 0.6 is 23.2 Å². The van der Waals surface area contributed by atoms with Gasteiger partial charge in [-0.1, -0.05) is 63.9 Å². The minimum absolute atomic E-state index is 0.00276. The summed E-state index contributed by atoms with van der Waals surface area (Å²) in [4.78, 5) is 24.4. The monoisotopic (exact) mass is 486 g/mol. The zero-order valence-corrected chi connectivity index (χ0v) is 22.2. The van der Waals surface area contributed by atoms with Gasteiger partial charge >= 0.3 is 0 Å². The molecule has 0 aliphatic heterocycles. The van der Waals surface area contributed by atoms with E-state index in [1.165, 1.54) is 0 Å². The van der Waals surface area contributed by atoms with E-state index < -0.39 is 8.32 Å². The van der Waals surface area contributed by atoms with E-state index in [1.54, 1.807) is 12.1 Å². The average molecular weight is 488 g/mol. The molecule has 0 aromatic heterocycles. The van der Waals surface area contributed by atoms with Crippen molar-refractivity contribution in [2.75, 3.05) is 13.2 Å². The van der Waals surface area contributed by atoms with Crippen molar-refractivity contribution in [1.82, 2.24) is 0 Å². The highest BCUT2D eigenvalue weighted by molar-refractivity contribution is 6.74. The number of ketones is 2. The third kappa shape index (κ3) is 8.37. The Hall–Kier alpha value is -1.14. The van der Waals surface area contributed by atoms with E-state index in [1.807, 2.05) is 6.92 Å². The lowest BCUT2D eigenvalue weighted by Gasteiger charge is -2.36. The molecule has 174 valence electrons. The molecular formula is C24H36Cl2O4Si. The molecule has 0 fully saturated rings. The number of ether oxygens (including phenoxy) is 1. The Kier molecular flexibility index (Phi) is 11.0. The van der Waals surface area contributed by atoms with Gasteiger partial charge in [-0.3, -0.25) is 9.59 Å². The number of halogens is 2. The third-order valence-corrected chi connectivity index (χ3v) is 11.2. The van der Waals surface area contributed by atoms with Crippen molar-refractivity contribution >= 4 is 43.1 Å². The number of rotatable bonds is 13. The maximum absolute atomic E-state index is 12.3. The van der Waals surface area contributed by atoms with Gasteiger partial charge in [-0.15, -0.1) is 0 Å². The number of hydrogen-bond donors (Lipinski definition) is 0. The minimum Gasteiger partial charge on any atom is -0.484 e. The second-order valence-corrected chi connectivity index (χ2v) is 14.8. The number of allylic oxidation sites excluding steroid dienone is 1. The molecule has 0 atom stereocenters. The maximum Gasteiger partial charge on any atom is 0.191 e. The van der Waals surface area contributed by atoms with Crippen LogP contribution in [0.15, 0.2) is 24.3 Å². The standard InChI is InChI=1S/C24H36Cl2O4Si/c1-8-17(2)23(28)19-13-14-20(22(26)21(19)25)29-16-18(27)12-10-9-11-15-30-31(6,7)24(3,4)5/h13-14H,2,8-12,15-16H2,1,3-7H3. The molecule has 1 aromatic carbocycles. The van der Waals surface area contributed by atoms with Crippen molar-refractivity contribution in [3.05, 3.63) is 39.9 Å². The summed E-state index contributed by atoms with van der Waals surface area (Å²) in [6.07, 6.45) is 3.65. The fourth-order valence-corrected chi connectivity index (χ4v) is 4.09. The van der Waals surface area contributed by atoms with Gasteiger partial charge in [0.1, 0.15) is 17.4 Å². The van der Waals surface area contributed by atoms with Gasteiger partial charge in [0.15, 0.2) is 19.9 Å². The molecule has 0 unspecified atom stereocenters. The predicted octanol–water partition coefficient (Wildman–Crippen LogP) is 7.67. The molecule has 0 heterocycles. The van der Waals surface area contributed by atoms with E-state index >= 15 is 0 Å². The van der Waals surface area contributed by atoms with Crippen molar-refractivity contribution in [2.45, 2.75) is 77.9 Å². The van der Waals surface area contributed by atoms with Gasteiger partial charge in [0, 0.05) is 18.6 Å². The van der Waals surface area contributed by atoms with E-state index in [-0.39, 0.29) is 38.8 Å². The largest absolute Gasteiger partial charge is 0.484 e. The number of carbonyl (C=O) groups excluding carboxylic acids is 2. The molecule has 1 aromatic rings. The second kappa shape index (κ2) is 12.2. The Morgan fingerprint density at radius 3 is 2.29 bits per heavy atom. The van der Waals surface area contributed by atoms with Crippen LogP contribution in [0.2, 0.25) is 28.2 Å². The highest BCUT2D eigenvalue weighted by atomic mass is 35.5. The molecule has 0 saturated heterocycles. The molecule has 0 radical (unpaired) electrons. The first-order valence-electron chi connectivity index (χ1n) is 10.8. The molecule has 0 aliphatic carbocycles. The lowest BCUT2D eigenvalue weighted by Crippen LogP contribution is -2.40. The fraction of sp³-hybridized carbons (Fsp3) is 0.583. The van der Waals surface area contributed by atoms with Gasteiger partial charge in [0.05, 0.1) is 5.02 Å². The fourth-order valence-electron chi connectivity index (χ4n) is 2.54. The molecule has 0 saturated carbocycles. The topological polar surface area (TPSA) is 52.6 Å². The molecule has 0 aliphatic rings. The van der Waals surface area contributed by atoms with Gasteiger partial charge in [-0.25, -0.2) is 0 Å². The Balaban J connectivity index is 2.42. The van der Waals surface area contributed by atoms with Crippen molar-refractivity contribution < 1.29 is 18.8 Å². The Morgan fingerprint density at radius 2 is 1.71 bits per heavy atom. The molecule has 0 amide bonds. The predicted molar refractivity (Wildman–Crippen MR) is 132 cm³/mol. The van der Waals surface area contributed by atoms with Gasteiger partial charge in [0.2, 0.25) is 0 Å². The van der Waals surface area contributed by atoms with Gasteiger partial charge < -0.3 is 9.16 Å². The third-order valence-electron chi connectivity index (χ3n) is 5.80. The zero-order chi connectivity index (χ0) is 23.8. The second-order valence-electron chi connectivity index (χ2n) is 9.27. The summed E-state index contributed by atoms with van der Waals surface area (Å²) in [5, 5.41) is 0.458. The van der Waals surface area contributed by atoms with Crippen LogP contribution in [0.5, 0.6) is 5.75 Å². The zero-order valence-electron chi connectivity index (χ0n) is 19.7. The van der Waals surface area contributed by atoms with Crippen LogP contribution in [-0.2, 0) is 9.22 Å². The highest BCUT2D eigenvalue weighted by Crippen LogP contribution is 2.37. The van der Waals surface area contributed by atoms with Crippen LogP contribution in [0, 0.1) is 0 Å².